The number of nitrogen functional groups attached to an aromatic ring is 1. The second-order valence-corrected chi connectivity index (χ2v) is 4.57. The predicted molar refractivity (Wildman–Crippen MR) is 69.3 cm³/mol. The molecule has 5 heteroatoms. The van der Waals surface area contributed by atoms with Crippen molar-refractivity contribution in [1.82, 2.24) is 0 Å². The van der Waals surface area contributed by atoms with Crippen LogP contribution in [-0.2, 0) is 11.3 Å². The lowest BCUT2D eigenvalue weighted by molar-refractivity contribution is 0.0473. The van der Waals surface area contributed by atoms with Crippen molar-refractivity contribution in [3.05, 3.63) is 51.2 Å². The fourth-order valence-electron chi connectivity index (χ4n) is 1.31. The van der Waals surface area contributed by atoms with Gasteiger partial charge in [0.25, 0.3) is 0 Å². The maximum Gasteiger partial charge on any atom is 0.340 e. The quantitative estimate of drug-likeness (QED) is 0.685. The van der Waals surface area contributed by atoms with Gasteiger partial charge in [-0.15, -0.1) is 0 Å². The number of carbonyl (C=O) groups excluding carboxylic acids is 1. The number of hydrogen-bond donors (Lipinski definition) is 1. The minimum absolute atomic E-state index is 0.239. The van der Waals surface area contributed by atoms with Crippen LogP contribution < -0.4 is 5.73 Å². The molecule has 0 saturated carbocycles. The van der Waals surface area contributed by atoms with E-state index in [0.717, 1.165) is 5.56 Å². The molecule has 17 heavy (non-hydrogen) atoms. The Morgan fingerprint density at radius 2 is 2.24 bits per heavy atom. The first-order chi connectivity index (χ1) is 8.18. The zero-order valence-corrected chi connectivity index (χ0v) is 10.4. The summed E-state index contributed by atoms with van der Waals surface area (Å²) in [4.78, 5) is 11.8. The Hall–Kier alpha value is -1.52. The van der Waals surface area contributed by atoms with Crippen LogP contribution >= 0.6 is 22.9 Å². The summed E-state index contributed by atoms with van der Waals surface area (Å²) in [5, 5.41) is 4.09. The van der Waals surface area contributed by atoms with Gasteiger partial charge in [0.15, 0.2) is 0 Å². The highest BCUT2D eigenvalue weighted by atomic mass is 35.5. The van der Waals surface area contributed by atoms with Crippen LogP contribution in [-0.4, -0.2) is 5.97 Å². The molecular weight excluding hydrogens is 258 g/mol. The molecule has 0 aliphatic heterocycles. The van der Waals surface area contributed by atoms with Crippen LogP contribution in [0.25, 0.3) is 0 Å². The van der Waals surface area contributed by atoms with Gasteiger partial charge in [0.2, 0.25) is 0 Å². The Morgan fingerprint density at radius 3 is 2.94 bits per heavy atom. The Bertz CT molecular complexity index is 525. The zero-order valence-electron chi connectivity index (χ0n) is 8.85. The lowest BCUT2D eigenvalue weighted by Crippen LogP contribution is -2.06. The molecule has 2 rings (SSSR count). The van der Waals surface area contributed by atoms with Crippen molar-refractivity contribution in [2.75, 3.05) is 5.73 Å². The SMILES string of the molecule is Nc1cccc(C(=O)OCc2ccsc2)c1Cl. The first kappa shape index (κ1) is 12.0. The van der Waals surface area contributed by atoms with Crippen LogP contribution in [0.5, 0.6) is 0 Å². The molecule has 0 bridgehead atoms. The van der Waals surface area contributed by atoms with Crippen LogP contribution in [0.2, 0.25) is 5.02 Å². The third kappa shape index (κ3) is 2.78. The van der Waals surface area contributed by atoms with Crippen LogP contribution in [0.4, 0.5) is 5.69 Å². The van der Waals surface area contributed by atoms with E-state index in [-0.39, 0.29) is 11.6 Å². The number of rotatable bonds is 3. The molecule has 2 aromatic rings. The highest BCUT2D eigenvalue weighted by molar-refractivity contribution is 7.07. The number of anilines is 1. The third-order valence-corrected chi connectivity index (χ3v) is 3.35. The molecule has 0 radical (unpaired) electrons. The van der Waals surface area contributed by atoms with Crippen LogP contribution in [0, 0.1) is 0 Å². The molecule has 1 aromatic carbocycles. The van der Waals surface area contributed by atoms with Gasteiger partial charge in [-0.2, -0.15) is 11.3 Å². The van der Waals surface area contributed by atoms with Crippen molar-refractivity contribution in [2.24, 2.45) is 0 Å². The Balaban J connectivity index is 2.07. The molecule has 0 atom stereocenters. The van der Waals surface area contributed by atoms with Crippen LogP contribution in [0.1, 0.15) is 15.9 Å². The predicted octanol–water partition coefficient (Wildman–Crippen LogP) is 3.34. The normalized spacial score (nSPS) is 10.2. The lowest BCUT2D eigenvalue weighted by atomic mass is 10.2. The minimum atomic E-state index is -0.464. The molecule has 0 amide bonds. The van der Waals surface area contributed by atoms with Crippen molar-refractivity contribution >= 4 is 34.6 Å². The van der Waals surface area contributed by atoms with Gasteiger partial charge in [-0.3, -0.25) is 0 Å². The van der Waals surface area contributed by atoms with Gasteiger partial charge < -0.3 is 10.5 Å². The first-order valence-electron chi connectivity index (χ1n) is 4.90. The van der Waals surface area contributed by atoms with Gasteiger partial charge >= 0.3 is 5.97 Å². The summed E-state index contributed by atoms with van der Waals surface area (Å²) in [6.07, 6.45) is 0. The number of carbonyl (C=O) groups is 1. The van der Waals surface area contributed by atoms with Gasteiger partial charge in [0, 0.05) is 5.56 Å². The van der Waals surface area contributed by atoms with Crippen LogP contribution in [0.15, 0.2) is 35.0 Å². The summed E-state index contributed by atoms with van der Waals surface area (Å²) >= 11 is 7.48. The fourth-order valence-corrected chi connectivity index (χ4v) is 2.17. The average molecular weight is 268 g/mol. The molecule has 0 aliphatic carbocycles. The summed E-state index contributed by atoms with van der Waals surface area (Å²) in [6, 6.07) is 6.80. The van der Waals surface area contributed by atoms with Crippen molar-refractivity contribution in [3.63, 3.8) is 0 Å². The number of esters is 1. The van der Waals surface area contributed by atoms with E-state index in [1.165, 1.54) is 0 Å². The van der Waals surface area contributed by atoms with Crippen molar-refractivity contribution < 1.29 is 9.53 Å². The summed E-state index contributed by atoms with van der Waals surface area (Å²) in [6.45, 7) is 0.244. The molecule has 0 fully saturated rings. The molecule has 0 saturated heterocycles. The van der Waals surface area contributed by atoms with Gasteiger partial charge in [0.1, 0.15) is 6.61 Å². The third-order valence-electron chi connectivity index (χ3n) is 2.20. The van der Waals surface area contributed by atoms with E-state index in [0.29, 0.717) is 11.3 Å². The molecule has 3 nitrogen and oxygen atoms in total. The van der Waals surface area contributed by atoms with E-state index < -0.39 is 5.97 Å². The van der Waals surface area contributed by atoms with E-state index in [1.807, 2.05) is 16.8 Å². The largest absolute Gasteiger partial charge is 0.457 e. The number of benzene rings is 1. The average Bonchev–Trinajstić information content (AvgIpc) is 2.82. The Morgan fingerprint density at radius 1 is 1.41 bits per heavy atom. The monoisotopic (exact) mass is 267 g/mol. The van der Waals surface area contributed by atoms with Crippen molar-refractivity contribution in [3.8, 4) is 0 Å². The molecule has 2 N–H and O–H groups in total. The number of thiophene rings is 1. The molecule has 0 spiro atoms. The van der Waals surface area contributed by atoms with Gasteiger partial charge in [-0.1, -0.05) is 17.7 Å². The summed E-state index contributed by atoms with van der Waals surface area (Å²) in [5.41, 5.74) is 7.24. The number of ether oxygens (including phenoxy) is 1. The standard InChI is InChI=1S/C12H10ClNO2S/c13-11-9(2-1-3-10(11)14)12(15)16-6-8-4-5-17-7-8/h1-5,7H,6,14H2. The maximum atomic E-state index is 11.8. The summed E-state index contributed by atoms with van der Waals surface area (Å²) < 4.78 is 5.14. The topological polar surface area (TPSA) is 52.3 Å². The minimum Gasteiger partial charge on any atom is -0.457 e. The molecular formula is C12H10ClNO2S. The van der Waals surface area contributed by atoms with E-state index in [4.69, 9.17) is 22.1 Å². The highest BCUT2D eigenvalue weighted by Gasteiger charge is 2.13. The number of nitrogens with two attached hydrogens (primary N) is 1. The van der Waals surface area contributed by atoms with E-state index in [9.17, 15) is 4.79 Å². The van der Waals surface area contributed by atoms with Gasteiger partial charge in [0.05, 0.1) is 16.3 Å². The van der Waals surface area contributed by atoms with E-state index in [2.05, 4.69) is 0 Å². The second-order valence-electron chi connectivity index (χ2n) is 3.42. The maximum absolute atomic E-state index is 11.8. The molecule has 0 unspecified atom stereocenters. The van der Waals surface area contributed by atoms with Crippen LogP contribution in [0.3, 0.4) is 0 Å². The van der Waals surface area contributed by atoms with Crippen molar-refractivity contribution in [2.45, 2.75) is 6.61 Å². The Labute approximate surface area is 108 Å². The summed E-state index contributed by atoms with van der Waals surface area (Å²) in [5.74, 6) is -0.464. The second kappa shape index (κ2) is 5.21. The van der Waals surface area contributed by atoms with Gasteiger partial charge in [-0.25, -0.2) is 4.79 Å². The molecule has 88 valence electrons. The lowest BCUT2D eigenvalue weighted by Gasteiger charge is -2.06. The fraction of sp³-hybridized carbons (Fsp3) is 0.0833. The first-order valence-corrected chi connectivity index (χ1v) is 6.23. The molecule has 1 aromatic heterocycles. The molecule has 1 heterocycles. The Kier molecular flexibility index (Phi) is 3.66. The van der Waals surface area contributed by atoms with Gasteiger partial charge in [-0.05, 0) is 29.0 Å². The van der Waals surface area contributed by atoms with E-state index in [1.54, 1.807) is 29.5 Å². The number of hydrogen-bond acceptors (Lipinski definition) is 4. The van der Waals surface area contributed by atoms with E-state index >= 15 is 0 Å². The smallest absolute Gasteiger partial charge is 0.340 e. The highest BCUT2D eigenvalue weighted by Crippen LogP contribution is 2.24. The number of halogens is 1. The summed E-state index contributed by atoms with van der Waals surface area (Å²) in [7, 11) is 0. The zero-order chi connectivity index (χ0) is 12.3. The molecule has 0 aliphatic rings. The van der Waals surface area contributed by atoms with Crippen molar-refractivity contribution in [1.29, 1.82) is 0 Å².